The second kappa shape index (κ2) is 8.14. The Hall–Kier alpha value is -1.84. The summed E-state index contributed by atoms with van der Waals surface area (Å²) in [5.74, 6) is 0.0535. The van der Waals surface area contributed by atoms with Crippen LogP contribution in [0, 0.1) is 5.92 Å². The lowest BCUT2D eigenvalue weighted by molar-refractivity contribution is -0.136. The van der Waals surface area contributed by atoms with Crippen molar-refractivity contribution < 1.29 is 9.59 Å². The van der Waals surface area contributed by atoms with Crippen LogP contribution in [0.3, 0.4) is 0 Å². The maximum absolute atomic E-state index is 12.8. The van der Waals surface area contributed by atoms with Crippen LogP contribution in [0.5, 0.6) is 0 Å². The van der Waals surface area contributed by atoms with Crippen LogP contribution in [-0.4, -0.2) is 40.7 Å². The van der Waals surface area contributed by atoms with Gasteiger partial charge in [0.25, 0.3) is 0 Å². The van der Waals surface area contributed by atoms with E-state index in [4.69, 9.17) is 0 Å². The van der Waals surface area contributed by atoms with Gasteiger partial charge < -0.3 is 9.80 Å². The van der Waals surface area contributed by atoms with E-state index >= 15 is 0 Å². The highest BCUT2D eigenvalue weighted by molar-refractivity contribution is 5.89. The average molecular weight is 316 g/mol. The quantitative estimate of drug-likeness (QED) is 0.775. The smallest absolute Gasteiger partial charge is 0.228 e. The molecule has 1 aromatic carbocycles. The molecule has 2 amide bonds. The van der Waals surface area contributed by atoms with Crippen molar-refractivity contribution >= 4 is 11.8 Å². The molecule has 1 fully saturated rings. The number of nitrogens with zero attached hydrogens (tertiary/aromatic N) is 2. The van der Waals surface area contributed by atoms with Crippen molar-refractivity contribution in [3.63, 3.8) is 0 Å². The van der Waals surface area contributed by atoms with Crippen molar-refractivity contribution in [3.05, 3.63) is 35.9 Å². The average Bonchev–Trinajstić information content (AvgIpc) is 2.96. The molecule has 1 atom stereocenters. The molecule has 2 rings (SSSR count). The molecular weight excluding hydrogens is 288 g/mol. The normalized spacial score (nSPS) is 17.8. The van der Waals surface area contributed by atoms with Crippen molar-refractivity contribution in [1.29, 1.82) is 0 Å². The van der Waals surface area contributed by atoms with Gasteiger partial charge in [0.2, 0.25) is 11.8 Å². The lowest BCUT2D eigenvalue weighted by Gasteiger charge is -2.27. The van der Waals surface area contributed by atoms with Crippen molar-refractivity contribution in [3.8, 4) is 0 Å². The van der Waals surface area contributed by atoms with Gasteiger partial charge in [0, 0.05) is 32.1 Å². The summed E-state index contributed by atoms with van der Waals surface area (Å²) >= 11 is 0. The van der Waals surface area contributed by atoms with Crippen LogP contribution in [0.15, 0.2) is 30.3 Å². The van der Waals surface area contributed by atoms with Gasteiger partial charge in [-0.1, -0.05) is 44.2 Å². The van der Waals surface area contributed by atoms with Crippen molar-refractivity contribution in [1.82, 2.24) is 9.80 Å². The summed E-state index contributed by atoms with van der Waals surface area (Å²) in [4.78, 5) is 28.9. The molecule has 1 aliphatic heterocycles. The lowest BCUT2D eigenvalue weighted by Crippen LogP contribution is -2.39. The maximum atomic E-state index is 12.8. The number of carbonyl (C=O) groups is 2. The molecule has 126 valence electrons. The van der Waals surface area contributed by atoms with E-state index in [0.717, 1.165) is 18.4 Å². The first-order valence-corrected chi connectivity index (χ1v) is 8.72. The second-order valence-corrected chi connectivity index (χ2v) is 6.26. The third kappa shape index (κ3) is 4.12. The third-order valence-electron chi connectivity index (χ3n) is 4.80. The Labute approximate surface area is 139 Å². The predicted octanol–water partition coefficient (Wildman–Crippen LogP) is 3.07. The van der Waals surface area contributed by atoms with Gasteiger partial charge in [-0.25, -0.2) is 0 Å². The van der Waals surface area contributed by atoms with E-state index in [2.05, 4.69) is 13.8 Å². The van der Waals surface area contributed by atoms with Gasteiger partial charge in [0.05, 0.1) is 5.92 Å². The molecule has 0 aromatic heterocycles. The monoisotopic (exact) mass is 316 g/mol. The molecule has 1 heterocycles. The minimum atomic E-state index is -0.188. The largest absolute Gasteiger partial charge is 0.339 e. The van der Waals surface area contributed by atoms with E-state index in [9.17, 15) is 9.59 Å². The molecule has 1 aliphatic rings. The fourth-order valence-electron chi connectivity index (χ4n) is 3.39. The Morgan fingerprint density at radius 3 is 2.43 bits per heavy atom. The van der Waals surface area contributed by atoms with E-state index in [-0.39, 0.29) is 23.8 Å². The van der Waals surface area contributed by atoms with E-state index in [1.807, 2.05) is 47.1 Å². The van der Waals surface area contributed by atoms with Crippen LogP contribution >= 0.6 is 0 Å². The van der Waals surface area contributed by atoms with Gasteiger partial charge in [-0.05, 0) is 25.3 Å². The molecule has 0 saturated carbocycles. The van der Waals surface area contributed by atoms with Gasteiger partial charge in [-0.2, -0.15) is 0 Å². The van der Waals surface area contributed by atoms with Gasteiger partial charge in [-0.15, -0.1) is 0 Å². The maximum Gasteiger partial charge on any atom is 0.228 e. The Balaban J connectivity index is 2.03. The molecule has 0 bridgehead atoms. The summed E-state index contributed by atoms with van der Waals surface area (Å²) in [7, 11) is 0. The first-order chi connectivity index (χ1) is 11.1. The number of hydrogen-bond acceptors (Lipinski definition) is 2. The second-order valence-electron chi connectivity index (χ2n) is 6.26. The number of amides is 2. The zero-order chi connectivity index (χ0) is 16.8. The summed E-state index contributed by atoms with van der Waals surface area (Å²) in [6, 6.07) is 10.3. The minimum Gasteiger partial charge on any atom is -0.339 e. The highest BCUT2D eigenvalue weighted by atomic mass is 16.2. The van der Waals surface area contributed by atoms with Crippen LogP contribution in [0.1, 0.15) is 45.6 Å². The molecular formula is C19H28N2O2. The summed E-state index contributed by atoms with van der Waals surface area (Å²) in [5.41, 5.74) is 1.13. The standard InChI is InChI=1S/C19H28N2O2/c1-4-17(5-2)21-14-16(12-18(21)22)19(23)20(6-3)13-15-10-8-7-9-11-15/h7-11,16-17H,4-6,12-14H2,1-3H3. The zero-order valence-corrected chi connectivity index (χ0v) is 14.5. The first kappa shape index (κ1) is 17.5. The molecule has 1 saturated heterocycles. The van der Waals surface area contributed by atoms with Crippen molar-refractivity contribution in [2.24, 2.45) is 5.92 Å². The van der Waals surface area contributed by atoms with Crippen LogP contribution in [0.4, 0.5) is 0 Å². The molecule has 1 unspecified atom stereocenters. The van der Waals surface area contributed by atoms with Gasteiger partial charge in [0.15, 0.2) is 0 Å². The van der Waals surface area contributed by atoms with Crippen LogP contribution in [0.25, 0.3) is 0 Å². The third-order valence-corrected chi connectivity index (χ3v) is 4.80. The molecule has 0 radical (unpaired) electrons. The SMILES string of the molecule is CCC(CC)N1CC(C(=O)N(CC)Cc2ccccc2)CC1=O. The van der Waals surface area contributed by atoms with Gasteiger partial charge >= 0.3 is 0 Å². The number of rotatable bonds is 7. The topological polar surface area (TPSA) is 40.6 Å². The Morgan fingerprint density at radius 2 is 1.87 bits per heavy atom. The van der Waals surface area contributed by atoms with Gasteiger partial charge in [-0.3, -0.25) is 9.59 Å². The molecule has 23 heavy (non-hydrogen) atoms. The van der Waals surface area contributed by atoms with Crippen LogP contribution in [-0.2, 0) is 16.1 Å². The Kier molecular flexibility index (Phi) is 6.20. The number of likely N-dealkylation sites (tertiary alicyclic amines) is 1. The number of benzene rings is 1. The molecule has 4 heteroatoms. The number of carbonyl (C=O) groups excluding carboxylic acids is 2. The van der Waals surface area contributed by atoms with Crippen LogP contribution < -0.4 is 0 Å². The zero-order valence-electron chi connectivity index (χ0n) is 14.5. The number of hydrogen-bond donors (Lipinski definition) is 0. The Bertz CT molecular complexity index is 525. The molecule has 0 N–H and O–H groups in total. The van der Waals surface area contributed by atoms with Crippen molar-refractivity contribution in [2.45, 2.75) is 52.6 Å². The lowest BCUT2D eigenvalue weighted by atomic mass is 10.1. The summed E-state index contributed by atoms with van der Waals surface area (Å²) in [6.07, 6.45) is 2.26. The Morgan fingerprint density at radius 1 is 1.22 bits per heavy atom. The molecule has 0 spiro atoms. The molecule has 4 nitrogen and oxygen atoms in total. The highest BCUT2D eigenvalue weighted by Crippen LogP contribution is 2.25. The first-order valence-electron chi connectivity index (χ1n) is 8.72. The molecule has 0 aliphatic carbocycles. The van der Waals surface area contributed by atoms with E-state index in [1.165, 1.54) is 0 Å². The molecule has 1 aromatic rings. The predicted molar refractivity (Wildman–Crippen MR) is 91.7 cm³/mol. The summed E-state index contributed by atoms with van der Waals surface area (Å²) in [6.45, 7) is 8.06. The van der Waals surface area contributed by atoms with Crippen molar-refractivity contribution in [2.75, 3.05) is 13.1 Å². The summed E-state index contributed by atoms with van der Waals surface area (Å²) < 4.78 is 0. The summed E-state index contributed by atoms with van der Waals surface area (Å²) in [5, 5.41) is 0. The van der Waals surface area contributed by atoms with E-state index < -0.39 is 0 Å². The van der Waals surface area contributed by atoms with E-state index in [1.54, 1.807) is 0 Å². The van der Waals surface area contributed by atoms with Gasteiger partial charge in [0.1, 0.15) is 0 Å². The fraction of sp³-hybridized carbons (Fsp3) is 0.579. The van der Waals surface area contributed by atoms with E-state index in [0.29, 0.717) is 26.1 Å². The minimum absolute atomic E-state index is 0.109. The van der Waals surface area contributed by atoms with Crippen LogP contribution in [0.2, 0.25) is 0 Å². The highest BCUT2D eigenvalue weighted by Gasteiger charge is 2.38. The fourth-order valence-corrected chi connectivity index (χ4v) is 3.39.